The fourth-order valence-electron chi connectivity index (χ4n) is 5.26. The van der Waals surface area contributed by atoms with Gasteiger partial charge in [0.2, 0.25) is 5.91 Å². The molecule has 2 N–H and O–H groups in total. The molecule has 2 amide bonds. The van der Waals surface area contributed by atoms with Gasteiger partial charge in [0.15, 0.2) is 0 Å². The minimum atomic E-state index is -1.16. The van der Waals surface area contributed by atoms with Crippen LogP contribution in [0.2, 0.25) is 0 Å². The maximum atomic E-state index is 13.3. The van der Waals surface area contributed by atoms with E-state index in [9.17, 15) is 19.5 Å². The van der Waals surface area contributed by atoms with E-state index in [4.69, 9.17) is 9.47 Å². The number of rotatable bonds is 6. The maximum absolute atomic E-state index is 13.3. The number of amides is 2. The van der Waals surface area contributed by atoms with Crippen LogP contribution in [0.1, 0.15) is 36.8 Å². The molecule has 8 nitrogen and oxygen atoms in total. The van der Waals surface area contributed by atoms with Crippen LogP contribution >= 0.6 is 0 Å². The second-order valence-electron chi connectivity index (χ2n) is 9.66. The Hall–Kier alpha value is -3.39. The largest absolute Gasteiger partial charge is 0.479 e. The number of benzene rings is 2. The summed E-state index contributed by atoms with van der Waals surface area (Å²) in [5.74, 6) is -1.43. The fourth-order valence-corrected chi connectivity index (χ4v) is 5.26. The van der Waals surface area contributed by atoms with Gasteiger partial charge in [0, 0.05) is 13.0 Å². The lowest BCUT2D eigenvalue weighted by atomic mass is 9.83. The van der Waals surface area contributed by atoms with E-state index >= 15 is 0 Å². The summed E-state index contributed by atoms with van der Waals surface area (Å²) in [5.41, 5.74) is 2.29. The molecule has 2 aliphatic carbocycles. The highest BCUT2D eigenvalue weighted by Gasteiger charge is 2.59. The van der Waals surface area contributed by atoms with Gasteiger partial charge in [-0.2, -0.15) is 0 Å². The zero-order valence-corrected chi connectivity index (χ0v) is 19.2. The van der Waals surface area contributed by atoms with Crippen molar-refractivity contribution >= 4 is 18.0 Å². The smallest absolute Gasteiger partial charge is 0.407 e. The van der Waals surface area contributed by atoms with Gasteiger partial charge in [-0.1, -0.05) is 48.5 Å². The maximum Gasteiger partial charge on any atom is 0.407 e. The number of fused-ring (bicyclic) bond motifs is 3. The minimum Gasteiger partial charge on any atom is -0.479 e. The molecule has 2 fully saturated rings. The predicted molar refractivity (Wildman–Crippen MR) is 123 cm³/mol. The van der Waals surface area contributed by atoms with Gasteiger partial charge in [-0.25, -0.2) is 9.59 Å². The summed E-state index contributed by atoms with van der Waals surface area (Å²) in [6.45, 7) is 2.12. The number of carboxylic acids is 1. The molecule has 8 heteroatoms. The lowest BCUT2D eigenvalue weighted by molar-refractivity contribution is -0.155. The third-order valence-electron chi connectivity index (χ3n) is 7.65. The molecule has 1 saturated heterocycles. The number of ether oxygens (including phenoxy) is 2. The van der Waals surface area contributed by atoms with E-state index in [2.05, 4.69) is 17.4 Å². The Morgan fingerprint density at radius 1 is 1.09 bits per heavy atom. The van der Waals surface area contributed by atoms with Crippen molar-refractivity contribution in [1.29, 1.82) is 0 Å². The van der Waals surface area contributed by atoms with E-state index in [1.807, 2.05) is 36.4 Å². The second-order valence-corrected chi connectivity index (χ2v) is 9.66. The van der Waals surface area contributed by atoms with E-state index < -0.39 is 29.1 Å². The van der Waals surface area contributed by atoms with E-state index in [1.54, 1.807) is 6.92 Å². The Labute approximate surface area is 197 Å². The van der Waals surface area contributed by atoms with Crippen LogP contribution in [0.5, 0.6) is 0 Å². The van der Waals surface area contributed by atoms with Crippen LogP contribution in [-0.4, -0.2) is 66.4 Å². The van der Waals surface area contributed by atoms with Gasteiger partial charge in [0.05, 0.1) is 24.7 Å². The number of carbonyl (C=O) groups is 3. The first-order chi connectivity index (χ1) is 16.3. The zero-order valence-electron chi connectivity index (χ0n) is 19.2. The highest BCUT2D eigenvalue weighted by molar-refractivity contribution is 5.92. The number of alkyl carbamates (subject to hydrolysis) is 1. The highest BCUT2D eigenvalue weighted by atomic mass is 16.5. The van der Waals surface area contributed by atoms with Gasteiger partial charge < -0.3 is 24.8 Å². The predicted octanol–water partition coefficient (Wildman–Crippen LogP) is 3.01. The Morgan fingerprint density at radius 3 is 2.24 bits per heavy atom. The molecule has 2 unspecified atom stereocenters. The van der Waals surface area contributed by atoms with Crippen molar-refractivity contribution in [2.75, 3.05) is 26.9 Å². The Bertz CT molecular complexity index is 1110. The lowest BCUT2D eigenvalue weighted by Gasteiger charge is -2.35. The first-order valence-corrected chi connectivity index (χ1v) is 11.5. The molecule has 0 bridgehead atoms. The standard InChI is InChI=1S/C26H28N2O6/c1-25(22(29)28(2)26(11-12-26)23(30)31)15-33-14-21(25)27-24(32)34-13-20-18-9-5-3-7-16(18)17-8-4-6-10-19(17)20/h3-10,20-21H,11-15H2,1-2H3,(H,27,32)(H,30,31). The van der Waals surface area contributed by atoms with Gasteiger partial charge >= 0.3 is 12.1 Å². The SMILES string of the molecule is CN(C(=O)C1(C)COCC1NC(=O)OCC1c2ccccc2-c2ccccc21)C1(C(=O)O)CC1. The van der Waals surface area contributed by atoms with Gasteiger partial charge in [0.1, 0.15) is 12.1 Å². The first kappa shape index (κ1) is 22.4. The quantitative estimate of drug-likeness (QED) is 0.681. The van der Waals surface area contributed by atoms with Gasteiger partial charge in [-0.3, -0.25) is 4.79 Å². The lowest BCUT2D eigenvalue weighted by Crippen LogP contribution is -2.57. The third-order valence-corrected chi connectivity index (χ3v) is 7.65. The zero-order chi connectivity index (χ0) is 24.1. The molecule has 34 heavy (non-hydrogen) atoms. The summed E-state index contributed by atoms with van der Waals surface area (Å²) in [7, 11) is 1.51. The molecule has 0 aromatic heterocycles. The average molecular weight is 465 g/mol. The monoisotopic (exact) mass is 464 g/mol. The number of aliphatic carboxylic acids is 1. The fraction of sp³-hybridized carbons (Fsp3) is 0.423. The molecule has 178 valence electrons. The summed E-state index contributed by atoms with van der Waals surface area (Å²) < 4.78 is 11.2. The topological polar surface area (TPSA) is 105 Å². The van der Waals surface area contributed by atoms with E-state index in [1.165, 1.54) is 11.9 Å². The van der Waals surface area contributed by atoms with Crippen LogP contribution in [0.4, 0.5) is 4.79 Å². The molecule has 0 radical (unpaired) electrons. The minimum absolute atomic E-state index is 0.0672. The third kappa shape index (κ3) is 3.44. The molecular weight excluding hydrogens is 436 g/mol. The highest BCUT2D eigenvalue weighted by Crippen LogP contribution is 2.45. The van der Waals surface area contributed by atoms with Crippen molar-refractivity contribution in [3.8, 4) is 11.1 Å². The van der Waals surface area contributed by atoms with Crippen LogP contribution in [0.3, 0.4) is 0 Å². The molecule has 1 saturated carbocycles. The van der Waals surface area contributed by atoms with Crippen LogP contribution in [0, 0.1) is 5.41 Å². The summed E-state index contributed by atoms with van der Waals surface area (Å²) in [6.07, 6.45) is 0.219. The Balaban J connectivity index is 1.26. The second kappa shape index (κ2) is 8.13. The molecule has 3 aliphatic rings. The van der Waals surface area contributed by atoms with Gasteiger partial charge in [0.25, 0.3) is 0 Å². The van der Waals surface area contributed by atoms with E-state index in [0.717, 1.165) is 22.3 Å². The Morgan fingerprint density at radius 2 is 1.68 bits per heavy atom. The first-order valence-electron chi connectivity index (χ1n) is 11.5. The molecule has 2 aromatic rings. The number of carboxylic acid groups (broad SMARTS) is 1. The molecule has 2 aromatic carbocycles. The van der Waals surface area contributed by atoms with Crippen molar-refractivity contribution < 1.29 is 29.0 Å². The van der Waals surface area contributed by atoms with Gasteiger partial charge in [-0.05, 0) is 42.0 Å². The summed E-state index contributed by atoms with van der Waals surface area (Å²) in [5, 5.41) is 12.4. The summed E-state index contributed by atoms with van der Waals surface area (Å²) in [6, 6.07) is 15.6. The van der Waals surface area contributed by atoms with E-state index in [0.29, 0.717) is 12.8 Å². The number of nitrogens with one attached hydrogen (secondary N) is 1. The molecule has 2 atom stereocenters. The average Bonchev–Trinajstić information content (AvgIpc) is 3.49. The normalized spacial score (nSPS) is 24.1. The number of carbonyl (C=O) groups excluding carboxylic acids is 2. The van der Waals surface area contributed by atoms with E-state index in [-0.39, 0.29) is 31.6 Å². The molecule has 0 spiro atoms. The number of nitrogens with zero attached hydrogens (tertiary/aromatic N) is 1. The van der Waals surface area contributed by atoms with Crippen molar-refractivity contribution in [2.45, 2.75) is 37.3 Å². The molecule has 1 heterocycles. The van der Waals surface area contributed by atoms with Gasteiger partial charge in [-0.15, -0.1) is 0 Å². The van der Waals surface area contributed by atoms with Crippen LogP contribution in [0.15, 0.2) is 48.5 Å². The summed E-state index contributed by atoms with van der Waals surface area (Å²) >= 11 is 0. The number of hydrogen-bond acceptors (Lipinski definition) is 5. The Kier molecular flexibility index (Phi) is 5.36. The van der Waals surface area contributed by atoms with Crippen molar-refractivity contribution in [3.05, 3.63) is 59.7 Å². The summed E-state index contributed by atoms with van der Waals surface area (Å²) in [4.78, 5) is 39.0. The van der Waals surface area contributed by atoms with Crippen LogP contribution in [-0.2, 0) is 19.1 Å². The molecule has 1 aliphatic heterocycles. The number of likely N-dealkylation sites (N-methyl/N-ethyl adjacent to an activating group) is 1. The van der Waals surface area contributed by atoms with Crippen molar-refractivity contribution in [2.24, 2.45) is 5.41 Å². The molecule has 5 rings (SSSR count). The van der Waals surface area contributed by atoms with Crippen LogP contribution in [0.25, 0.3) is 11.1 Å². The van der Waals surface area contributed by atoms with Crippen LogP contribution < -0.4 is 5.32 Å². The van der Waals surface area contributed by atoms with Crippen molar-refractivity contribution in [1.82, 2.24) is 10.2 Å². The molecular formula is C26H28N2O6. The number of hydrogen-bond donors (Lipinski definition) is 2. The van der Waals surface area contributed by atoms with Crippen molar-refractivity contribution in [3.63, 3.8) is 0 Å².